The zero-order chi connectivity index (χ0) is 19.4. The van der Waals surface area contributed by atoms with Gasteiger partial charge in [-0.3, -0.25) is 0 Å². The van der Waals surface area contributed by atoms with Gasteiger partial charge in [0.05, 0.1) is 0 Å². The predicted molar refractivity (Wildman–Crippen MR) is 117 cm³/mol. The molecule has 0 unspecified atom stereocenters. The standard InChI is InChI=1S/C7H18O2Si.C3H10Si.2C2H6O.C2H8Si/c1-10-7-3-6-9-5-2-4-8;1-4(2)3;3*1-3-2/h8H,2-7,10H2,1H3;4H,1-3H3;2*1-2H3;3H2,1-2H3. The number of methoxy groups -OCH3 is 2. The summed E-state index contributed by atoms with van der Waals surface area (Å²) >= 11 is 0. The zero-order valence-electron chi connectivity index (χ0n) is 17.9. The first-order valence-electron chi connectivity index (χ1n) is 8.88. The molecule has 0 rings (SSSR count). The lowest BCUT2D eigenvalue weighted by atomic mass is 10.5. The second-order valence-electron chi connectivity index (χ2n) is 5.65. The van der Waals surface area contributed by atoms with E-state index in [-0.39, 0.29) is 24.9 Å². The first kappa shape index (κ1) is 34.8. The van der Waals surface area contributed by atoms with Crippen LogP contribution in [-0.2, 0) is 14.2 Å². The van der Waals surface area contributed by atoms with Crippen LogP contribution in [0.4, 0.5) is 0 Å². The molecule has 0 heterocycles. The predicted octanol–water partition coefficient (Wildman–Crippen LogP) is 2.29. The molecule has 148 valence electrons. The fourth-order valence-corrected chi connectivity index (χ4v) is 1.43. The zero-order valence-corrected chi connectivity index (χ0v) is 21.9. The Labute approximate surface area is 153 Å². The molecule has 0 aromatic heterocycles. The van der Waals surface area contributed by atoms with Crippen LogP contribution in [0.5, 0.6) is 0 Å². The molecule has 4 nitrogen and oxygen atoms in total. The normalized spacial score (nSPS) is 8.87. The Morgan fingerprint density at radius 3 is 1.39 bits per heavy atom. The van der Waals surface area contributed by atoms with Crippen molar-refractivity contribution < 1.29 is 19.3 Å². The Kier molecular flexibility index (Phi) is 74.7. The van der Waals surface area contributed by atoms with Crippen molar-refractivity contribution in [3.05, 3.63) is 0 Å². The SMILES string of the molecule is COC.COC.C[SiH2]C.C[SiH2]CCCOCCCO.C[SiH](C)C. The van der Waals surface area contributed by atoms with Gasteiger partial charge in [-0.15, -0.1) is 0 Å². The topological polar surface area (TPSA) is 47.9 Å². The maximum absolute atomic E-state index is 8.40. The monoisotopic (exact) mass is 388 g/mol. The Balaban J connectivity index is -0.0000000690. The van der Waals surface area contributed by atoms with E-state index in [4.69, 9.17) is 9.84 Å². The molecule has 0 atom stereocenters. The summed E-state index contributed by atoms with van der Waals surface area (Å²) < 4.78 is 13.7. The molecule has 0 fully saturated rings. The van der Waals surface area contributed by atoms with Crippen LogP contribution >= 0.6 is 0 Å². The minimum Gasteiger partial charge on any atom is -0.396 e. The third-order valence-corrected chi connectivity index (χ3v) is 2.55. The number of aliphatic hydroxyl groups is 1. The van der Waals surface area contributed by atoms with E-state index in [0.717, 1.165) is 19.6 Å². The highest BCUT2D eigenvalue weighted by Gasteiger charge is 1.87. The molecule has 0 saturated carbocycles. The Hall–Kier alpha value is 0.491. The molecule has 0 aliphatic heterocycles. The number of rotatable bonds is 7. The molecule has 0 aromatic rings. The highest BCUT2D eigenvalue weighted by Crippen LogP contribution is 1.90. The van der Waals surface area contributed by atoms with Gasteiger partial charge in [0.25, 0.3) is 0 Å². The second-order valence-corrected chi connectivity index (χ2v) is 12.2. The van der Waals surface area contributed by atoms with Gasteiger partial charge < -0.3 is 19.3 Å². The first-order chi connectivity index (χ1) is 10.9. The lowest BCUT2D eigenvalue weighted by Gasteiger charge is -2.00. The minimum atomic E-state index is -0.139. The van der Waals surface area contributed by atoms with Crippen molar-refractivity contribution in [2.24, 2.45) is 0 Å². The molecule has 0 bridgehead atoms. The Morgan fingerprint density at radius 2 is 1.13 bits per heavy atom. The summed E-state index contributed by atoms with van der Waals surface area (Å²) in [7, 11) is 7.02. The molecule has 23 heavy (non-hydrogen) atoms. The molecule has 0 saturated heterocycles. The van der Waals surface area contributed by atoms with Crippen LogP contribution in [0.3, 0.4) is 0 Å². The lowest BCUT2D eigenvalue weighted by molar-refractivity contribution is 0.116. The molecule has 0 spiro atoms. The van der Waals surface area contributed by atoms with Gasteiger partial charge in [0.1, 0.15) is 0 Å². The van der Waals surface area contributed by atoms with Crippen LogP contribution in [0.1, 0.15) is 12.8 Å². The molecule has 7 heteroatoms. The van der Waals surface area contributed by atoms with Crippen molar-refractivity contribution in [2.75, 3.05) is 48.3 Å². The van der Waals surface area contributed by atoms with Gasteiger partial charge in [-0.2, -0.15) is 0 Å². The van der Waals surface area contributed by atoms with Crippen molar-refractivity contribution >= 4 is 27.8 Å². The summed E-state index contributed by atoms with van der Waals surface area (Å²) in [5.74, 6) is 0. The molecule has 0 aliphatic rings. The van der Waals surface area contributed by atoms with E-state index in [0.29, 0.717) is 9.52 Å². The third kappa shape index (κ3) is 168. The highest BCUT2D eigenvalue weighted by atomic mass is 28.3. The fraction of sp³-hybridized carbons (Fsp3) is 1.00. The average molecular weight is 389 g/mol. The van der Waals surface area contributed by atoms with Gasteiger partial charge in [-0.25, -0.2) is 0 Å². The van der Waals surface area contributed by atoms with E-state index >= 15 is 0 Å². The van der Waals surface area contributed by atoms with Crippen molar-refractivity contribution in [3.8, 4) is 0 Å². The van der Waals surface area contributed by atoms with Gasteiger partial charge in [0.15, 0.2) is 0 Å². The average Bonchev–Trinajstić information content (AvgIpc) is 2.45. The van der Waals surface area contributed by atoms with Crippen molar-refractivity contribution in [3.63, 3.8) is 0 Å². The van der Waals surface area contributed by atoms with Gasteiger partial charge in [-0.05, 0) is 12.8 Å². The lowest BCUT2D eigenvalue weighted by Crippen LogP contribution is -1.99. The smallest absolute Gasteiger partial charge is 0.0487 e. The van der Waals surface area contributed by atoms with Crippen LogP contribution < -0.4 is 0 Å². The summed E-state index contributed by atoms with van der Waals surface area (Å²) in [5, 5.41) is 8.40. The maximum atomic E-state index is 8.40. The third-order valence-electron chi connectivity index (χ3n) is 1.34. The molecule has 0 aromatic carbocycles. The Morgan fingerprint density at radius 1 is 0.826 bits per heavy atom. The Bertz CT molecular complexity index is 116. The maximum Gasteiger partial charge on any atom is 0.0487 e. The van der Waals surface area contributed by atoms with Crippen LogP contribution in [0.2, 0.25) is 45.3 Å². The molecule has 0 amide bonds. The van der Waals surface area contributed by atoms with E-state index in [1.165, 1.54) is 12.5 Å². The number of hydrogen-bond acceptors (Lipinski definition) is 4. The summed E-state index contributed by atoms with van der Waals surface area (Å²) in [6.45, 7) is 15.6. The van der Waals surface area contributed by atoms with Crippen LogP contribution in [0.25, 0.3) is 0 Å². The van der Waals surface area contributed by atoms with Crippen molar-refractivity contribution in [1.82, 2.24) is 0 Å². The van der Waals surface area contributed by atoms with Crippen LogP contribution in [0.15, 0.2) is 0 Å². The molecular weight excluding hydrogens is 340 g/mol. The molecule has 1 N–H and O–H groups in total. The molecule has 0 radical (unpaired) electrons. The largest absolute Gasteiger partial charge is 0.396 e. The summed E-state index contributed by atoms with van der Waals surface area (Å²) in [6.07, 6.45) is 2.00. The molecular formula is C16H48O4Si3. The van der Waals surface area contributed by atoms with E-state index in [2.05, 4.69) is 48.8 Å². The highest BCUT2D eigenvalue weighted by molar-refractivity contribution is 6.54. The van der Waals surface area contributed by atoms with Gasteiger partial charge in [-0.1, -0.05) is 45.3 Å². The minimum absolute atomic E-state index is 0.139. The van der Waals surface area contributed by atoms with Gasteiger partial charge >= 0.3 is 0 Å². The van der Waals surface area contributed by atoms with E-state index in [9.17, 15) is 0 Å². The first-order valence-corrected chi connectivity index (χ1v) is 17.6. The summed E-state index contributed by atoms with van der Waals surface area (Å²) in [5.41, 5.74) is 0. The number of aliphatic hydroxyl groups excluding tert-OH is 1. The van der Waals surface area contributed by atoms with Gasteiger partial charge in [0, 0.05) is 76.1 Å². The fourth-order valence-electron chi connectivity index (χ4n) is 0.723. The van der Waals surface area contributed by atoms with E-state index in [1.54, 1.807) is 28.4 Å². The number of ether oxygens (including phenoxy) is 3. The quantitative estimate of drug-likeness (QED) is 0.537. The van der Waals surface area contributed by atoms with Crippen LogP contribution in [-0.4, -0.2) is 81.2 Å². The van der Waals surface area contributed by atoms with E-state index < -0.39 is 0 Å². The van der Waals surface area contributed by atoms with Crippen molar-refractivity contribution in [1.29, 1.82) is 0 Å². The van der Waals surface area contributed by atoms with Gasteiger partial charge in [0.2, 0.25) is 0 Å². The van der Waals surface area contributed by atoms with E-state index in [1.807, 2.05) is 0 Å². The summed E-state index contributed by atoms with van der Waals surface area (Å²) in [4.78, 5) is 0. The second kappa shape index (κ2) is 49.5. The molecule has 0 aliphatic carbocycles. The van der Waals surface area contributed by atoms with Crippen molar-refractivity contribution in [2.45, 2.75) is 58.2 Å². The van der Waals surface area contributed by atoms with Crippen LogP contribution in [0, 0.1) is 0 Å². The summed E-state index contributed by atoms with van der Waals surface area (Å²) in [6, 6.07) is 1.39. The number of hydrogen-bond donors (Lipinski definition) is 1.